The minimum atomic E-state index is -0.132. The molecule has 1 amide bonds. The molecule has 1 aliphatic heterocycles. The summed E-state index contributed by atoms with van der Waals surface area (Å²) in [6.45, 7) is 4.54. The molecule has 4 heterocycles. The molecule has 2 aliphatic rings. The van der Waals surface area contributed by atoms with E-state index < -0.39 is 0 Å². The number of ether oxygens (including phenoxy) is 2. The number of carbonyl (C=O) groups is 1. The number of hydrogen-bond donors (Lipinski definition) is 2. The number of nitrogens with zero attached hydrogens (tertiary/aromatic N) is 6. The average molecular weight is 517 g/mol. The summed E-state index contributed by atoms with van der Waals surface area (Å²) in [5, 5.41) is 10.9. The summed E-state index contributed by atoms with van der Waals surface area (Å²) in [4.78, 5) is 26.9. The van der Waals surface area contributed by atoms with Crippen LogP contribution in [-0.2, 0) is 16.6 Å². The molecule has 6 rings (SSSR count). The van der Waals surface area contributed by atoms with Crippen molar-refractivity contribution in [3.05, 3.63) is 35.9 Å². The zero-order valence-corrected chi connectivity index (χ0v) is 22.1. The molecule has 2 N–H and O–H groups in total. The number of amides is 1. The zero-order chi connectivity index (χ0) is 26.4. The van der Waals surface area contributed by atoms with E-state index in [1.54, 1.807) is 11.8 Å². The zero-order valence-electron chi connectivity index (χ0n) is 22.1. The molecule has 2 fully saturated rings. The Bertz CT molecular complexity index is 1510. The lowest BCUT2D eigenvalue weighted by Crippen LogP contribution is -2.20. The van der Waals surface area contributed by atoms with E-state index in [4.69, 9.17) is 19.4 Å². The third kappa shape index (κ3) is 4.58. The van der Waals surface area contributed by atoms with E-state index in [-0.39, 0.29) is 18.1 Å². The van der Waals surface area contributed by atoms with Crippen LogP contribution in [-0.4, -0.2) is 48.9 Å². The largest absolute Gasteiger partial charge is 0.495 e. The van der Waals surface area contributed by atoms with Gasteiger partial charge >= 0.3 is 0 Å². The Hall–Kier alpha value is -3.99. The number of hydrogen-bond acceptors (Lipinski definition) is 8. The van der Waals surface area contributed by atoms with Gasteiger partial charge in [0.15, 0.2) is 11.5 Å². The van der Waals surface area contributed by atoms with Gasteiger partial charge in [-0.2, -0.15) is 5.10 Å². The Labute approximate surface area is 220 Å². The smallest absolute Gasteiger partial charge is 0.228 e. The molecular formula is C27H32N8O3. The predicted octanol–water partition coefficient (Wildman–Crippen LogP) is 4.64. The van der Waals surface area contributed by atoms with Crippen LogP contribution in [0, 0.1) is 19.8 Å². The standard InChI is InChI=1S/C27H32N8O3/c1-15-28-25(34(3)33-15)18-10-11-19(21(13-18)37-4)30-20-14-22(32-27(36)17-8-9-17)31-26-24(20)29-16(2)35(26)23-7-5-6-12-38-23/h10-11,13-14,17,23H,5-9,12H2,1-4H3,(H2,30,31,32,36). The SMILES string of the molecule is COc1cc(-c2nc(C)nn2C)ccc1Nc1cc(NC(=O)C2CC2)nc2c1nc(C)n2C1CCCCO1. The van der Waals surface area contributed by atoms with Crippen molar-refractivity contribution in [3.8, 4) is 17.1 Å². The summed E-state index contributed by atoms with van der Waals surface area (Å²) in [6.07, 6.45) is 4.73. The fraction of sp³-hybridized carbons (Fsp3) is 0.444. The summed E-state index contributed by atoms with van der Waals surface area (Å²) in [5.41, 5.74) is 3.75. The average Bonchev–Trinajstić information content (AvgIpc) is 3.63. The molecule has 1 unspecified atom stereocenters. The third-order valence-corrected chi connectivity index (χ3v) is 7.07. The van der Waals surface area contributed by atoms with E-state index in [0.29, 0.717) is 35.2 Å². The van der Waals surface area contributed by atoms with Gasteiger partial charge in [-0.15, -0.1) is 0 Å². The van der Waals surface area contributed by atoms with Crippen molar-refractivity contribution in [3.63, 3.8) is 0 Å². The Morgan fingerprint density at radius 1 is 1.08 bits per heavy atom. The number of pyridine rings is 1. The number of aromatic nitrogens is 6. The normalized spacial score (nSPS) is 17.5. The summed E-state index contributed by atoms with van der Waals surface area (Å²) >= 11 is 0. The second kappa shape index (κ2) is 9.71. The predicted molar refractivity (Wildman–Crippen MR) is 143 cm³/mol. The van der Waals surface area contributed by atoms with Crippen LogP contribution in [0.4, 0.5) is 17.2 Å². The van der Waals surface area contributed by atoms with Crippen LogP contribution >= 0.6 is 0 Å². The second-order valence-corrected chi connectivity index (χ2v) is 9.99. The Morgan fingerprint density at radius 2 is 1.92 bits per heavy atom. The second-order valence-electron chi connectivity index (χ2n) is 9.99. The van der Waals surface area contributed by atoms with Gasteiger partial charge in [-0.25, -0.2) is 19.6 Å². The van der Waals surface area contributed by atoms with Crippen molar-refractivity contribution in [2.45, 2.75) is 52.2 Å². The van der Waals surface area contributed by atoms with E-state index in [9.17, 15) is 4.79 Å². The minimum Gasteiger partial charge on any atom is -0.495 e. The molecule has 0 radical (unpaired) electrons. The number of benzene rings is 1. The molecule has 3 aromatic heterocycles. The summed E-state index contributed by atoms with van der Waals surface area (Å²) in [6, 6.07) is 7.68. The maximum atomic E-state index is 12.6. The van der Waals surface area contributed by atoms with Gasteiger partial charge in [0.1, 0.15) is 35.0 Å². The maximum Gasteiger partial charge on any atom is 0.228 e. The molecule has 38 heavy (non-hydrogen) atoms. The lowest BCUT2D eigenvalue weighted by molar-refractivity contribution is -0.117. The van der Waals surface area contributed by atoms with Crippen LogP contribution in [0.5, 0.6) is 5.75 Å². The topological polar surface area (TPSA) is 121 Å². The highest BCUT2D eigenvalue weighted by molar-refractivity contribution is 5.97. The van der Waals surface area contributed by atoms with Gasteiger partial charge in [0.05, 0.1) is 18.5 Å². The van der Waals surface area contributed by atoms with Crippen LogP contribution in [0.25, 0.3) is 22.6 Å². The molecule has 1 saturated carbocycles. The number of imidazole rings is 1. The molecule has 1 aromatic carbocycles. The van der Waals surface area contributed by atoms with Crippen LogP contribution in [0.15, 0.2) is 24.3 Å². The van der Waals surface area contributed by atoms with Crippen LogP contribution in [0.2, 0.25) is 0 Å². The summed E-state index contributed by atoms with van der Waals surface area (Å²) in [7, 11) is 3.50. The van der Waals surface area contributed by atoms with Crippen LogP contribution in [0.1, 0.15) is 50.0 Å². The minimum absolute atomic E-state index is 0.000377. The Morgan fingerprint density at radius 3 is 2.61 bits per heavy atom. The monoisotopic (exact) mass is 516 g/mol. The number of aryl methyl sites for hydroxylation is 3. The highest BCUT2D eigenvalue weighted by Crippen LogP contribution is 2.37. The number of nitrogens with one attached hydrogen (secondary N) is 2. The van der Waals surface area contributed by atoms with Gasteiger partial charge in [-0.3, -0.25) is 9.36 Å². The van der Waals surface area contributed by atoms with Gasteiger partial charge in [0, 0.05) is 31.2 Å². The maximum absolute atomic E-state index is 12.6. The number of rotatable bonds is 7. The molecule has 198 valence electrons. The van der Waals surface area contributed by atoms with Crippen molar-refractivity contribution in [2.75, 3.05) is 24.4 Å². The molecule has 11 heteroatoms. The highest BCUT2D eigenvalue weighted by Gasteiger charge is 2.30. The number of methoxy groups -OCH3 is 1. The molecule has 0 bridgehead atoms. The van der Waals surface area contributed by atoms with Crippen LogP contribution in [0.3, 0.4) is 0 Å². The van der Waals surface area contributed by atoms with Gasteiger partial charge in [0.25, 0.3) is 0 Å². The van der Waals surface area contributed by atoms with Crippen molar-refractivity contribution in [2.24, 2.45) is 13.0 Å². The molecule has 1 saturated heterocycles. The fourth-order valence-electron chi connectivity index (χ4n) is 5.02. The fourth-order valence-corrected chi connectivity index (χ4v) is 5.02. The van der Waals surface area contributed by atoms with Gasteiger partial charge < -0.3 is 20.1 Å². The first-order valence-corrected chi connectivity index (χ1v) is 13.1. The molecular weight excluding hydrogens is 484 g/mol. The van der Waals surface area contributed by atoms with Gasteiger partial charge in [0.2, 0.25) is 5.91 Å². The van der Waals surface area contributed by atoms with Crippen LogP contribution < -0.4 is 15.4 Å². The lowest BCUT2D eigenvalue weighted by Gasteiger charge is -2.25. The number of fused-ring (bicyclic) bond motifs is 1. The number of anilines is 3. The van der Waals surface area contributed by atoms with Crippen molar-refractivity contribution in [1.29, 1.82) is 0 Å². The molecule has 4 aromatic rings. The van der Waals surface area contributed by atoms with Crippen molar-refractivity contribution in [1.82, 2.24) is 29.3 Å². The van der Waals surface area contributed by atoms with Crippen molar-refractivity contribution < 1.29 is 14.3 Å². The van der Waals surface area contributed by atoms with E-state index in [2.05, 4.69) is 20.7 Å². The van der Waals surface area contributed by atoms with E-state index in [0.717, 1.165) is 60.7 Å². The first-order chi connectivity index (χ1) is 18.4. The molecule has 1 atom stereocenters. The highest BCUT2D eigenvalue weighted by atomic mass is 16.5. The lowest BCUT2D eigenvalue weighted by atomic mass is 10.1. The molecule has 11 nitrogen and oxygen atoms in total. The van der Waals surface area contributed by atoms with E-state index in [1.165, 1.54) is 0 Å². The molecule has 1 aliphatic carbocycles. The van der Waals surface area contributed by atoms with E-state index >= 15 is 0 Å². The van der Waals surface area contributed by atoms with Gasteiger partial charge in [-0.1, -0.05) is 0 Å². The van der Waals surface area contributed by atoms with E-state index in [1.807, 2.05) is 49.7 Å². The van der Waals surface area contributed by atoms with Gasteiger partial charge in [-0.05, 0) is 64.2 Å². The third-order valence-electron chi connectivity index (χ3n) is 7.07. The first kappa shape index (κ1) is 24.4. The Balaban J connectivity index is 1.41. The quantitative estimate of drug-likeness (QED) is 0.364. The Kier molecular flexibility index (Phi) is 6.22. The molecule has 0 spiro atoms. The number of carbonyl (C=O) groups excluding carboxylic acids is 1. The summed E-state index contributed by atoms with van der Waals surface area (Å²) in [5.74, 6) is 3.46. The van der Waals surface area contributed by atoms with Crippen molar-refractivity contribution >= 4 is 34.3 Å². The summed E-state index contributed by atoms with van der Waals surface area (Å²) < 4.78 is 15.6. The first-order valence-electron chi connectivity index (χ1n) is 13.1.